The van der Waals surface area contributed by atoms with Crippen molar-refractivity contribution in [2.75, 3.05) is 0 Å². The first-order valence-electron chi connectivity index (χ1n) is 11.3. The van der Waals surface area contributed by atoms with Crippen LogP contribution >= 0.6 is 0 Å². The molecule has 4 rings (SSSR count). The fourth-order valence-electron chi connectivity index (χ4n) is 5.02. The summed E-state index contributed by atoms with van der Waals surface area (Å²) in [7, 11) is 0. The van der Waals surface area contributed by atoms with Crippen molar-refractivity contribution in [2.45, 2.75) is 59.3 Å². The Morgan fingerprint density at radius 2 is 0.767 bits per heavy atom. The molecule has 4 aromatic rings. The van der Waals surface area contributed by atoms with E-state index in [1.165, 1.54) is 33.8 Å². The summed E-state index contributed by atoms with van der Waals surface area (Å²) in [6.45, 7) is 6.94. The van der Waals surface area contributed by atoms with Crippen LogP contribution in [0.3, 0.4) is 0 Å². The summed E-state index contributed by atoms with van der Waals surface area (Å²) in [5.74, 6) is 0. The lowest BCUT2D eigenvalue weighted by Crippen LogP contribution is -2.14. The van der Waals surface area contributed by atoms with Crippen LogP contribution in [0.4, 0.5) is 0 Å². The van der Waals surface area contributed by atoms with Gasteiger partial charge in [0.1, 0.15) is 0 Å². The molecule has 3 nitrogen and oxygen atoms in total. The van der Waals surface area contributed by atoms with Crippen LogP contribution in [0.1, 0.15) is 71.2 Å². The molecule has 0 amide bonds. The number of aromatic nitrogens is 3. The summed E-state index contributed by atoms with van der Waals surface area (Å²) in [5, 5.41) is 0. The molecule has 0 unspecified atom stereocenters. The van der Waals surface area contributed by atoms with Gasteiger partial charge in [-0.25, -0.2) is 0 Å². The summed E-state index contributed by atoms with van der Waals surface area (Å²) in [6, 6.07) is 12.9. The average Bonchev–Trinajstić information content (AvgIpc) is 3.53. The van der Waals surface area contributed by atoms with E-state index < -0.39 is 0 Å². The van der Waals surface area contributed by atoms with Gasteiger partial charge in [0.2, 0.25) is 0 Å². The molecule has 0 aliphatic rings. The van der Waals surface area contributed by atoms with Crippen molar-refractivity contribution in [3.8, 4) is 0 Å². The first-order valence-corrected chi connectivity index (χ1v) is 11.3. The second-order valence-electron chi connectivity index (χ2n) is 8.05. The van der Waals surface area contributed by atoms with Crippen LogP contribution in [0.5, 0.6) is 0 Å². The zero-order valence-corrected chi connectivity index (χ0v) is 18.4. The predicted octanol–water partition coefficient (Wildman–Crippen LogP) is 6.13. The van der Waals surface area contributed by atoms with Crippen LogP contribution in [0.15, 0.2) is 55.0 Å². The van der Waals surface area contributed by atoms with Crippen molar-refractivity contribution in [3.63, 3.8) is 0 Å². The lowest BCUT2D eigenvalue weighted by Gasteiger charge is -2.26. The van der Waals surface area contributed by atoms with Crippen molar-refractivity contribution < 1.29 is 0 Å². The minimum Gasteiger partial charge on any atom is -0.365 e. The zero-order valence-electron chi connectivity index (χ0n) is 18.4. The molecule has 0 atom stereocenters. The Bertz CT molecular complexity index is 893. The van der Waals surface area contributed by atoms with Crippen molar-refractivity contribution in [3.05, 3.63) is 105 Å². The Balaban J connectivity index is 1.94. The monoisotopic (exact) mass is 399 g/mol. The molecule has 0 radical (unpaired) electrons. The molecular formula is C27H33N3. The number of benzene rings is 1. The summed E-state index contributed by atoms with van der Waals surface area (Å²) in [5.41, 5.74) is 13.1. The predicted molar refractivity (Wildman–Crippen MR) is 125 cm³/mol. The summed E-state index contributed by atoms with van der Waals surface area (Å²) in [6.07, 6.45) is 12.2. The molecule has 0 fully saturated rings. The Labute approximate surface area is 180 Å². The van der Waals surface area contributed by atoms with Crippen LogP contribution in [0.25, 0.3) is 0 Å². The van der Waals surface area contributed by atoms with Crippen molar-refractivity contribution in [1.82, 2.24) is 15.0 Å². The third-order valence-corrected chi connectivity index (χ3v) is 6.34. The highest BCUT2D eigenvalue weighted by Crippen LogP contribution is 2.34. The molecule has 3 heterocycles. The lowest BCUT2D eigenvalue weighted by atomic mass is 9.79. The largest absolute Gasteiger partial charge is 0.365 e. The molecule has 0 saturated carbocycles. The van der Waals surface area contributed by atoms with Crippen LogP contribution in [-0.4, -0.2) is 15.0 Å². The van der Waals surface area contributed by atoms with E-state index in [1.807, 2.05) is 18.6 Å². The van der Waals surface area contributed by atoms with E-state index in [0.717, 1.165) is 38.5 Å². The van der Waals surface area contributed by atoms with Crippen molar-refractivity contribution >= 4 is 0 Å². The third kappa shape index (κ3) is 4.02. The molecule has 0 bridgehead atoms. The maximum atomic E-state index is 3.43. The number of rotatable bonds is 9. The fourth-order valence-corrected chi connectivity index (χ4v) is 5.02. The summed E-state index contributed by atoms with van der Waals surface area (Å²) >= 11 is 0. The van der Waals surface area contributed by atoms with E-state index in [0.29, 0.717) is 0 Å². The fraction of sp³-hybridized carbons (Fsp3) is 0.333. The van der Waals surface area contributed by atoms with Crippen LogP contribution in [0, 0.1) is 0 Å². The Hall–Kier alpha value is -2.94. The van der Waals surface area contributed by atoms with Gasteiger partial charge < -0.3 is 15.0 Å². The van der Waals surface area contributed by atoms with Gasteiger partial charge in [-0.2, -0.15) is 0 Å². The molecule has 1 aromatic carbocycles. The molecule has 156 valence electrons. The van der Waals surface area contributed by atoms with Gasteiger partial charge >= 0.3 is 0 Å². The van der Waals surface area contributed by atoms with Gasteiger partial charge in [0, 0.05) is 54.9 Å². The molecule has 0 aliphatic heterocycles. The zero-order chi connectivity index (χ0) is 20.9. The van der Waals surface area contributed by atoms with Gasteiger partial charge in [0.15, 0.2) is 0 Å². The van der Waals surface area contributed by atoms with E-state index in [1.54, 1.807) is 16.7 Å². The highest BCUT2D eigenvalue weighted by molar-refractivity contribution is 5.55. The van der Waals surface area contributed by atoms with E-state index >= 15 is 0 Å². The Kier molecular flexibility index (Phi) is 6.27. The molecular weight excluding hydrogens is 366 g/mol. The molecule has 3 heteroatoms. The smallest absolute Gasteiger partial charge is 0.0191 e. The van der Waals surface area contributed by atoms with Gasteiger partial charge in [-0.3, -0.25) is 0 Å². The maximum Gasteiger partial charge on any atom is 0.0191 e. The first kappa shape index (κ1) is 20.3. The normalized spacial score (nSPS) is 11.3. The van der Waals surface area contributed by atoms with Gasteiger partial charge in [-0.1, -0.05) is 20.8 Å². The van der Waals surface area contributed by atoms with Gasteiger partial charge in [0.25, 0.3) is 0 Å². The number of hydrogen-bond donors (Lipinski definition) is 3. The SMILES string of the molecule is CCc1c(Cc2ccc[nH]2)c(CC)c(Cc2ccc[nH]2)c(CC)c1Cc1ccc[nH]1. The second-order valence-corrected chi connectivity index (χ2v) is 8.05. The number of nitrogens with one attached hydrogen (secondary N) is 3. The van der Waals surface area contributed by atoms with Crippen molar-refractivity contribution in [2.24, 2.45) is 0 Å². The molecule has 0 spiro atoms. The minimum atomic E-state index is 0.971. The van der Waals surface area contributed by atoms with Gasteiger partial charge in [0.05, 0.1) is 0 Å². The average molecular weight is 400 g/mol. The maximum absolute atomic E-state index is 3.43. The van der Waals surface area contributed by atoms with Crippen LogP contribution < -0.4 is 0 Å². The van der Waals surface area contributed by atoms with E-state index in [4.69, 9.17) is 0 Å². The van der Waals surface area contributed by atoms with Gasteiger partial charge in [-0.05, 0) is 89.0 Å². The van der Waals surface area contributed by atoms with Crippen LogP contribution in [-0.2, 0) is 38.5 Å². The Morgan fingerprint density at radius 1 is 0.467 bits per heavy atom. The molecule has 30 heavy (non-hydrogen) atoms. The molecule has 3 N–H and O–H groups in total. The van der Waals surface area contributed by atoms with Crippen LogP contribution in [0.2, 0.25) is 0 Å². The second kappa shape index (κ2) is 9.25. The van der Waals surface area contributed by atoms with E-state index in [2.05, 4.69) is 72.1 Å². The standard InChI is InChI=1S/C27H33N3/c1-4-22-25(16-19-10-7-13-28-19)23(5-2)27(18-21-12-9-15-30-21)24(6-3)26(22)17-20-11-8-14-29-20/h7-15,28-30H,4-6,16-18H2,1-3H3. The molecule has 0 saturated heterocycles. The lowest BCUT2D eigenvalue weighted by molar-refractivity contribution is 0.884. The highest BCUT2D eigenvalue weighted by Gasteiger charge is 2.22. The molecule has 0 aliphatic carbocycles. The number of hydrogen-bond acceptors (Lipinski definition) is 0. The molecule has 3 aromatic heterocycles. The summed E-state index contributed by atoms with van der Waals surface area (Å²) in [4.78, 5) is 10.3. The van der Waals surface area contributed by atoms with E-state index in [-0.39, 0.29) is 0 Å². The third-order valence-electron chi connectivity index (χ3n) is 6.34. The topological polar surface area (TPSA) is 47.4 Å². The highest BCUT2D eigenvalue weighted by atomic mass is 14.7. The Morgan fingerprint density at radius 3 is 0.967 bits per heavy atom. The summed E-state index contributed by atoms with van der Waals surface area (Å²) < 4.78 is 0. The van der Waals surface area contributed by atoms with E-state index in [9.17, 15) is 0 Å². The quantitative estimate of drug-likeness (QED) is 0.303. The number of H-pyrrole nitrogens is 3. The van der Waals surface area contributed by atoms with Crippen molar-refractivity contribution in [1.29, 1.82) is 0 Å². The number of aromatic amines is 3. The van der Waals surface area contributed by atoms with Gasteiger partial charge in [-0.15, -0.1) is 0 Å². The first-order chi connectivity index (χ1) is 14.7. The minimum absolute atomic E-state index is 0.971.